The van der Waals surface area contributed by atoms with Gasteiger partial charge in [0.25, 0.3) is 0 Å². The van der Waals surface area contributed by atoms with E-state index in [0.29, 0.717) is 30.3 Å². The first-order chi connectivity index (χ1) is 11.3. The van der Waals surface area contributed by atoms with E-state index in [1.54, 1.807) is 0 Å². The monoisotopic (exact) mass is 304 g/mol. The Morgan fingerprint density at radius 3 is 2.65 bits per heavy atom. The predicted molar refractivity (Wildman–Crippen MR) is 90.3 cm³/mol. The highest BCUT2D eigenvalue weighted by molar-refractivity contribution is 6.00. The van der Waals surface area contributed by atoms with E-state index in [9.17, 15) is 4.79 Å². The number of amides is 1. The Bertz CT molecular complexity index is 757. The lowest BCUT2D eigenvalue weighted by molar-refractivity contribution is -0.117. The standard InChI is InChI=1S/C20H20N2O/c23-19-12-18-20-16(15-8-4-5-9-17(15)22(19)20)10-11-21(18)13-14-6-2-1-3-7-14/h1-9,16,18,20H,10-13H2/t16-,18+,20+/m0/s1. The fourth-order valence-electron chi connectivity index (χ4n) is 4.84. The van der Waals surface area contributed by atoms with Gasteiger partial charge in [-0.05, 0) is 30.2 Å². The number of anilines is 1. The lowest BCUT2D eigenvalue weighted by Crippen LogP contribution is -2.50. The number of hydrogen-bond acceptors (Lipinski definition) is 2. The third kappa shape index (κ3) is 1.89. The average Bonchev–Trinajstić information content (AvgIpc) is 3.10. The van der Waals surface area contributed by atoms with Crippen LogP contribution in [0.3, 0.4) is 0 Å². The summed E-state index contributed by atoms with van der Waals surface area (Å²) in [7, 11) is 0. The van der Waals surface area contributed by atoms with E-state index in [1.165, 1.54) is 11.1 Å². The van der Waals surface area contributed by atoms with Gasteiger partial charge < -0.3 is 4.90 Å². The van der Waals surface area contributed by atoms with Crippen molar-refractivity contribution in [1.29, 1.82) is 0 Å². The number of para-hydroxylation sites is 1. The van der Waals surface area contributed by atoms with Crippen LogP contribution >= 0.6 is 0 Å². The first kappa shape index (κ1) is 13.3. The van der Waals surface area contributed by atoms with Crippen LogP contribution in [0.5, 0.6) is 0 Å². The fraction of sp³-hybridized carbons (Fsp3) is 0.350. The average molecular weight is 304 g/mol. The van der Waals surface area contributed by atoms with Crippen molar-refractivity contribution in [2.24, 2.45) is 0 Å². The molecule has 23 heavy (non-hydrogen) atoms. The number of carbonyl (C=O) groups is 1. The van der Waals surface area contributed by atoms with Gasteiger partial charge in [0.05, 0.1) is 6.04 Å². The zero-order chi connectivity index (χ0) is 15.4. The van der Waals surface area contributed by atoms with Crippen LogP contribution in [-0.2, 0) is 11.3 Å². The van der Waals surface area contributed by atoms with Crippen LogP contribution in [0.15, 0.2) is 54.6 Å². The summed E-state index contributed by atoms with van der Waals surface area (Å²) in [4.78, 5) is 17.3. The van der Waals surface area contributed by atoms with E-state index < -0.39 is 0 Å². The molecule has 2 saturated heterocycles. The number of hydrogen-bond donors (Lipinski definition) is 0. The van der Waals surface area contributed by atoms with Crippen LogP contribution in [-0.4, -0.2) is 29.4 Å². The van der Waals surface area contributed by atoms with Gasteiger partial charge in [-0.1, -0.05) is 48.5 Å². The summed E-state index contributed by atoms with van der Waals surface area (Å²) in [5.74, 6) is 0.824. The van der Waals surface area contributed by atoms with Gasteiger partial charge in [-0.25, -0.2) is 0 Å². The van der Waals surface area contributed by atoms with Crippen LogP contribution < -0.4 is 4.90 Å². The summed E-state index contributed by atoms with van der Waals surface area (Å²) in [5, 5.41) is 0. The van der Waals surface area contributed by atoms with E-state index in [1.807, 2.05) is 0 Å². The van der Waals surface area contributed by atoms with Gasteiger partial charge in [0.15, 0.2) is 0 Å². The molecule has 3 heterocycles. The minimum atomic E-state index is 0.301. The fourth-order valence-corrected chi connectivity index (χ4v) is 4.84. The van der Waals surface area contributed by atoms with E-state index >= 15 is 0 Å². The molecule has 0 N–H and O–H groups in total. The molecule has 0 aliphatic carbocycles. The normalized spacial score (nSPS) is 28.8. The van der Waals surface area contributed by atoms with Crippen molar-refractivity contribution in [3.05, 3.63) is 65.7 Å². The number of likely N-dealkylation sites (tertiary alicyclic amines) is 1. The van der Waals surface area contributed by atoms with Gasteiger partial charge >= 0.3 is 0 Å². The highest BCUT2D eigenvalue weighted by Gasteiger charge is 2.54. The molecule has 1 amide bonds. The molecule has 0 unspecified atom stereocenters. The second-order valence-electron chi connectivity index (χ2n) is 6.94. The molecule has 0 spiro atoms. The van der Waals surface area contributed by atoms with E-state index in [-0.39, 0.29) is 0 Å². The lowest BCUT2D eigenvalue weighted by atomic mass is 9.83. The second-order valence-corrected chi connectivity index (χ2v) is 6.94. The van der Waals surface area contributed by atoms with Crippen molar-refractivity contribution in [2.75, 3.05) is 11.4 Å². The highest BCUT2D eigenvalue weighted by Crippen LogP contribution is 2.51. The molecule has 0 radical (unpaired) electrons. The van der Waals surface area contributed by atoms with Crippen LogP contribution in [0.1, 0.15) is 29.9 Å². The molecule has 3 heteroatoms. The van der Waals surface area contributed by atoms with Gasteiger partial charge in [0.2, 0.25) is 5.91 Å². The molecule has 0 bridgehead atoms. The molecule has 3 nitrogen and oxygen atoms in total. The molecular formula is C20H20N2O. The highest BCUT2D eigenvalue weighted by atomic mass is 16.2. The molecular weight excluding hydrogens is 284 g/mol. The summed E-state index contributed by atoms with van der Waals surface area (Å²) in [5.41, 5.74) is 3.89. The predicted octanol–water partition coefficient (Wildman–Crippen LogP) is 3.16. The molecule has 2 fully saturated rings. The zero-order valence-corrected chi connectivity index (χ0v) is 13.1. The molecule has 3 aliphatic heterocycles. The first-order valence-electron chi connectivity index (χ1n) is 8.52. The van der Waals surface area contributed by atoms with Crippen molar-refractivity contribution in [3.8, 4) is 0 Å². The largest absolute Gasteiger partial charge is 0.307 e. The van der Waals surface area contributed by atoms with Crippen molar-refractivity contribution in [3.63, 3.8) is 0 Å². The van der Waals surface area contributed by atoms with Crippen molar-refractivity contribution < 1.29 is 4.79 Å². The van der Waals surface area contributed by atoms with E-state index in [4.69, 9.17) is 0 Å². The quantitative estimate of drug-likeness (QED) is 0.851. The molecule has 5 rings (SSSR count). The summed E-state index contributed by atoms with van der Waals surface area (Å²) >= 11 is 0. The summed E-state index contributed by atoms with van der Waals surface area (Å²) in [6, 6.07) is 19.8. The summed E-state index contributed by atoms with van der Waals surface area (Å²) in [6.07, 6.45) is 1.82. The number of rotatable bonds is 2. The second kappa shape index (κ2) is 4.93. The third-order valence-corrected chi connectivity index (χ3v) is 5.78. The SMILES string of the molecule is O=C1C[C@@H]2[C@H]3[C@@H](CCN2Cc2ccccc2)c2ccccc2N13. The Labute approximate surface area is 136 Å². The van der Waals surface area contributed by atoms with Gasteiger partial charge in [-0.3, -0.25) is 9.69 Å². The molecule has 2 aromatic carbocycles. The van der Waals surface area contributed by atoms with Crippen molar-refractivity contribution in [2.45, 2.75) is 37.4 Å². The zero-order valence-electron chi connectivity index (χ0n) is 13.1. The van der Waals surface area contributed by atoms with Gasteiger partial charge in [-0.15, -0.1) is 0 Å². The molecule has 2 aromatic rings. The van der Waals surface area contributed by atoms with Crippen LogP contribution in [0.4, 0.5) is 5.69 Å². The Balaban J connectivity index is 1.49. The van der Waals surface area contributed by atoms with Gasteiger partial charge in [0.1, 0.15) is 0 Å². The number of carbonyl (C=O) groups excluding carboxylic acids is 1. The Morgan fingerprint density at radius 2 is 1.78 bits per heavy atom. The molecule has 3 atom stereocenters. The number of nitrogens with zero attached hydrogens (tertiary/aromatic N) is 2. The maximum Gasteiger partial charge on any atom is 0.228 e. The van der Waals surface area contributed by atoms with Gasteiger partial charge in [-0.2, -0.15) is 0 Å². The minimum Gasteiger partial charge on any atom is -0.307 e. The van der Waals surface area contributed by atoms with Gasteiger partial charge in [0, 0.05) is 30.6 Å². The molecule has 0 aromatic heterocycles. The van der Waals surface area contributed by atoms with Crippen molar-refractivity contribution in [1.82, 2.24) is 4.90 Å². The summed E-state index contributed by atoms with van der Waals surface area (Å²) < 4.78 is 0. The smallest absolute Gasteiger partial charge is 0.228 e. The maximum atomic E-state index is 12.7. The minimum absolute atomic E-state index is 0.301. The molecule has 3 aliphatic rings. The van der Waals surface area contributed by atoms with E-state index in [2.05, 4.69) is 64.4 Å². The summed E-state index contributed by atoms with van der Waals surface area (Å²) in [6.45, 7) is 2.03. The Kier molecular flexibility index (Phi) is 2.86. The van der Waals surface area contributed by atoms with Crippen LogP contribution in [0.2, 0.25) is 0 Å². The topological polar surface area (TPSA) is 23.6 Å². The lowest BCUT2D eigenvalue weighted by Gasteiger charge is -2.40. The maximum absolute atomic E-state index is 12.7. The molecule has 116 valence electrons. The number of fused-ring (bicyclic) bond motifs is 3. The Morgan fingerprint density at radius 1 is 1.00 bits per heavy atom. The van der Waals surface area contributed by atoms with Crippen LogP contribution in [0.25, 0.3) is 0 Å². The molecule has 0 saturated carbocycles. The first-order valence-corrected chi connectivity index (χ1v) is 8.52. The third-order valence-electron chi connectivity index (χ3n) is 5.78. The van der Waals surface area contributed by atoms with E-state index in [0.717, 1.165) is 25.2 Å². The number of benzene rings is 2. The van der Waals surface area contributed by atoms with Crippen molar-refractivity contribution >= 4 is 11.6 Å². The Hall–Kier alpha value is -2.13. The van der Waals surface area contributed by atoms with Crippen LogP contribution in [0, 0.1) is 0 Å². The number of piperidine rings is 1.